The number of nitrogens with zero attached hydrogens (tertiary/aromatic N) is 2. The van der Waals surface area contributed by atoms with Gasteiger partial charge in [0, 0.05) is 33.8 Å². The first-order chi connectivity index (χ1) is 12.4. The standard InChI is InChI=1S/C20H38N4O2.HI/c1-16(2)12-20(9-7-10-20)15-23-19(22-14-18(25)24(3)4)21-13-17-8-5-6-11-26-17;/h16-17H,5-15H2,1-4H3,(H2,21,22,23);1H. The van der Waals surface area contributed by atoms with Crippen LogP contribution >= 0.6 is 24.0 Å². The molecule has 1 heterocycles. The van der Waals surface area contributed by atoms with Crippen molar-refractivity contribution in [3.63, 3.8) is 0 Å². The number of hydrogen-bond donors (Lipinski definition) is 2. The van der Waals surface area contributed by atoms with E-state index in [0.29, 0.717) is 11.3 Å². The van der Waals surface area contributed by atoms with Crippen molar-refractivity contribution in [1.82, 2.24) is 15.5 Å². The summed E-state index contributed by atoms with van der Waals surface area (Å²) in [5.41, 5.74) is 0.392. The molecule has 1 saturated heterocycles. The van der Waals surface area contributed by atoms with E-state index in [9.17, 15) is 4.79 Å². The van der Waals surface area contributed by atoms with Crippen molar-refractivity contribution in [3.8, 4) is 0 Å². The molecule has 0 spiro atoms. The van der Waals surface area contributed by atoms with Gasteiger partial charge in [-0.05, 0) is 49.9 Å². The third-order valence-electron chi connectivity index (χ3n) is 5.53. The Labute approximate surface area is 182 Å². The van der Waals surface area contributed by atoms with Gasteiger partial charge < -0.3 is 20.3 Å². The number of amides is 1. The Bertz CT molecular complexity index is 473. The summed E-state index contributed by atoms with van der Waals surface area (Å²) in [5, 5.41) is 6.92. The first kappa shape index (κ1) is 24.5. The van der Waals surface area contributed by atoms with Crippen LogP contribution in [0.5, 0.6) is 0 Å². The Morgan fingerprint density at radius 2 is 1.96 bits per heavy atom. The van der Waals surface area contributed by atoms with Crippen molar-refractivity contribution in [1.29, 1.82) is 0 Å². The minimum atomic E-state index is 0. The van der Waals surface area contributed by atoms with Crippen LogP contribution in [-0.4, -0.2) is 63.2 Å². The van der Waals surface area contributed by atoms with E-state index in [4.69, 9.17) is 4.74 Å². The van der Waals surface area contributed by atoms with Crippen LogP contribution in [0.1, 0.15) is 58.8 Å². The van der Waals surface area contributed by atoms with Gasteiger partial charge in [0.2, 0.25) is 5.91 Å². The molecule has 1 saturated carbocycles. The van der Waals surface area contributed by atoms with Crippen molar-refractivity contribution in [2.75, 3.05) is 40.3 Å². The third kappa shape index (κ3) is 8.54. The lowest BCUT2D eigenvalue weighted by atomic mass is 9.64. The average Bonchev–Trinajstić information content (AvgIpc) is 2.58. The highest BCUT2D eigenvalue weighted by Crippen LogP contribution is 2.45. The van der Waals surface area contributed by atoms with E-state index >= 15 is 0 Å². The summed E-state index contributed by atoms with van der Waals surface area (Å²) in [6.07, 6.45) is 8.86. The lowest BCUT2D eigenvalue weighted by molar-refractivity contribution is -0.127. The summed E-state index contributed by atoms with van der Waals surface area (Å²) in [7, 11) is 3.53. The largest absolute Gasteiger partial charge is 0.376 e. The molecular formula is C20H39IN4O2. The molecule has 2 aliphatic rings. The highest BCUT2D eigenvalue weighted by molar-refractivity contribution is 14.0. The first-order valence-corrected chi connectivity index (χ1v) is 10.2. The predicted molar refractivity (Wildman–Crippen MR) is 122 cm³/mol. The molecule has 7 heteroatoms. The number of rotatable bonds is 8. The van der Waals surface area contributed by atoms with Gasteiger partial charge in [-0.3, -0.25) is 4.79 Å². The maximum absolute atomic E-state index is 11.9. The van der Waals surface area contributed by atoms with Crippen LogP contribution in [0.4, 0.5) is 0 Å². The summed E-state index contributed by atoms with van der Waals surface area (Å²) < 4.78 is 5.80. The number of hydrogen-bond acceptors (Lipinski definition) is 3. The van der Waals surface area contributed by atoms with Crippen LogP contribution in [-0.2, 0) is 9.53 Å². The zero-order valence-electron chi connectivity index (χ0n) is 17.6. The van der Waals surface area contributed by atoms with Gasteiger partial charge in [-0.2, -0.15) is 0 Å². The molecule has 6 nitrogen and oxygen atoms in total. The van der Waals surface area contributed by atoms with Gasteiger partial charge in [-0.1, -0.05) is 20.3 Å². The fourth-order valence-electron chi connectivity index (χ4n) is 3.91. The summed E-state index contributed by atoms with van der Waals surface area (Å²) in [6, 6.07) is 0. The van der Waals surface area contributed by atoms with Crippen LogP contribution in [0.2, 0.25) is 0 Å². The molecule has 1 aliphatic heterocycles. The monoisotopic (exact) mass is 494 g/mol. The average molecular weight is 494 g/mol. The van der Waals surface area contributed by atoms with Crippen LogP contribution < -0.4 is 10.6 Å². The Kier molecular flexibility index (Phi) is 11.0. The van der Waals surface area contributed by atoms with Crippen molar-refractivity contribution in [3.05, 3.63) is 0 Å². The molecule has 2 rings (SSSR count). The van der Waals surface area contributed by atoms with E-state index in [1.165, 1.54) is 32.1 Å². The molecular weight excluding hydrogens is 455 g/mol. The van der Waals surface area contributed by atoms with Crippen molar-refractivity contribution >= 4 is 35.8 Å². The van der Waals surface area contributed by atoms with Crippen molar-refractivity contribution in [2.24, 2.45) is 16.3 Å². The molecule has 0 aromatic rings. The zero-order chi connectivity index (χ0) is 19.0. The lowest BCUT2D eigenvalue weighted by Gasteiger charge is -2.43. The molecule has 2 fully saturated rings. The summed E-state index contributed by atoms with van der Waals surface area (Å²) >= 11 is 0. The summed E-state index contributed by atoms with van der Waals surface area (Å²) in [6.45, 7) is 7.29. The van der Waals surface area contributed by atoms with E-state index in [1.54, 1.807) is 19.0 Å². The molecule has 0 bridgehead atoms. The number of likely N-dealkylation sites (N-methyl/N-ethyl adjacent to an activating group) is 1. The van der Waals surface area contributed by atoms with Gasteiger partial charge in [-0.15, -0.1) is 24.0 Å². The van der Waals surface area contributed by atoms with Crippen LogP contribution in [0, 0.1) is 11.3 Å². The van der Waals surface area contributed by atoms with E-state index in [1.807, 2.05) is 0 Å². The SMILES string of the molecule is CC(C)CC1(CNC(=NCC(=O)N(C)C)NCC2CCCCO2)CCC1.I. The van der Waals surface area contributed by atoms with Crippen LogP contribution in [0.25, 0.3) is 0 Å². The second-order valence-electron chi connectivity index (χ2n) is 8.63. The minimum Gasteiger partial charge on any atom is -0.376 e. The molecule has 1 aliphatic carbocycles. The Hall–Kier alpha value is -0.570. The predicted octanol–water partition coefficient (Wildman–Crippen LogP) is 3.01. The van der Waals surface area contributed by atoms with Gasteiger partial charge in [0.1, 0.15) is 6.54 Å². The van der Waals surface area contributed by atoms with E-state index in [0.717, 1.165) is 38.5 Å². The zero-order valence-corrected chi connectivity index (χ0v) is 19.9. The second kappa shape index (κ2) is 12.1. The van der Waals surface area contributed by atoms with Crippen LogP contribution in [0.15, 0.2) is 4.99 Å². The fourth-order valence-corrected chi connectivity index (χ4v) is 3.91. The fraction of sp³-hybridized carbons (Fsp3) is 0.900. The highest BCUT2D eigenvalue weighted by atomic mass is 127. The third-order valence-corrected chi connectivity index (χ3v) is 5.53. The van der Waals surface area contributed by atoms with Crippen molar-refractivity contribution in [2.45, 2.75) is 64.9 Å². The van der Waals surface area contributed by atoms with Gasteiger partial charge in [0.25, 0.3) is 0 Å². The van der Waals surface area contributed by atoms with E-state index in [-0.39, 0.29) is 42.5 Å². The topological polar surface area (TPSA) is 66.0 Å². The molecule has 1 atom stereocenters. The smallest absolute Gasteiger partial charge is 0.243 e. The molecule has 27 heavy (non-hydrogen) atoms. The Morgan fingerprint density at radius 3 is 2.48 bits per heavy atom. The normalized spacial score (nSPS) is 21.8. The number of aliphatic imine (C=N–C) groups is 1. The molecule has 0 aromatic carbocycles. The second-order valence-corrected chi connectivity index (χ2v) is 8.63. The van der Waals surface area contributed by atoms with Gasteiger partial charge in [-0.25, -0.2) is 4.99 Å². The Morgan fingerprint density at radius 1 is 1.22 bits per heavy atom. The highest BCUT2D eigenvalue weighted by Gasteiger charge is 2.37. The number of guanidine groups is 1. The van der Waals surface area contributed by atoms with E-state index < -0.39 is 0 Å². The van der Waals surface area contributed by atoms with Gasteiger partial charge >= 0.3 is 0 Å². The number of ether oxygens (including phenoxy) is 1. The summed E-state index contributed by atoms with van der Waals surface area (Å²) in [5.74, 6) is 1.46. The molecule has 1 amide bonds. The van der Waals surface area contributed by atoms with E-state index in [2.05, 4.69) is 29.5 Å². The first-order valence-electron chi connectivity index (χ1n) is 10.2. The molecule has 2 N–H and O–H groups in total. The molecule has 0 radical (unpaired) electrons. The molecule has 1 unspecified atom stereocenters. The maximum Gasteiger partial charge on any atom is 0.243 e. The number of carbonyl (C=O) groups excluding carboxylic acids is 1. The van der Waals surface area contributed by atoms with Gasteiger partial charge in [0.05, 0.1) is 6.10 Å². The maximum atomic E-state index is 11.9. The number of nitrogens with one attached hydrogen (secondary N) is 2. The minimum absolute atomic E-state index is 0. The quantitative estimate of drug-likeness (QED) is 0.310. The van der Waals surface area contributed by atoms with Crippen molar-refractivity contribution < 1.29 is 9.53 Å². The molecule has 0 aromatic heterocycles. The lowest BCUT2D eigenvalue weighted by Crippen LogP contribution is -2.49. The molecule has 158 valence electrons. The van der Waals surface area contributed by atoms with Crippen LogP contribution in [0.3, 0.4) is 0 Å². The van der Waals surface area contributed by atoms with Gasteiger partial charge in [0.15, 0.2) is 5.96 Å². The number of halogens is 1. The Balaban J connectivity index is 0.00000364. The summed E-state index contributed by atoms with van der Waals surface area (Å²) in [4.78, 5) is 18.0. The number of carbonyl (C=O) groups is 1.